The van der Waals surface area contributed by atoms with Crippen LogP contribution in [-0.2, 0) is 0 Å². The Morgan fingerprint density at radius 3 is 2.65 bits per heavy atom. The standard InChI is InChI=1S/C13H18N2OS/c1-10-5-7-15(8-6-10)13(16)11-3-4-12(17-2)14-9-11/h3-4,9-10H,5-8H2,1-2H3. The van der Waals surface area contributed by atoms with E-state index in [0.717, 1.165) is 36.9 Å². The zero-order valence-corrected chi connectivity index (χ0v) is 11.2. The summed E-state index contributed by atoms with van der Waals surface area (Å²) in [7, 11) is 0. The Morgan fingerprint density at radius 2 is 2.12 bits per heavy atom. The highest BCUT2D eigenvalue weighted by Crippen LogP contribution is 2.18. The van der Waals surface area contributed by atoms with E-state index in [-0.39, 0.29) is 5.91 Å². The molecule has 1 aliphatic rings. The van der Waals surface area contributed by atoms with Crippen molar-refractivity contribution in [1.29, 1.82) is 0 Å². The number of hydrogen-bond acceptors (Lipinski definition) is 3. The van der Waals surface area contributed by atoms with E-state index in [2.05, 4.69) is 11.9 Å². The number of carbonyl (C=O) groups excluding carboxylic acids is 1. The highest BCUT2D eigenvalue weighted by atomic mass is 32.2. The first-order valence-corrected chi connectivity index (χ1v) is 7.22. The number of aromatic nitrogens is 1. The van der Waals surface area contributed by atoms with Gasteiger partial charge in [-0.3, -0.25) is 4.79 Å². The lowest BCUT2D eigenvalue weighted by atomic mass is 9.99. The Morgan fingerprint density at radius 1 is 1.41 bits per heavy atom. The molecular weight excluding hydrogens is 232 g/mol. The van der Waals surface area contributed by atoms with Gasteiger partial charge in [0.25, 0.3) is 5.91 Å². The smallest absolute Gasteiger partial charge is 0.255 e. The van der Waals surface area contributed by atoms with Gasteiger partial charge >= 0.3 is 0 Å². The molecular formula is C13H18N2OS. The van der Waals surface area contributed by atoms with Crippen molar-refractivity contribution >= 4 is 17.7 Å². The van der Waals surface area contributed by atoms with Crippen molar-refractivity contribution in [1.82, 2.24) is 9.88 Å². The van der Waals surface area contributed by atoms with Gasteiger partial charge in [-0.1, -0.05) is 6.92 Å². The highest BCUT2D eigenvalue weighted by molar-refractivity contribution is 7.98. The second kappa shape index (κ2) is 5.54. The second-order valence-electron chi connectivity index (χ2n) is 4.56. The third-order valence-electron chi connectivity index (χ3n) is 3.26. The van der Waals surface area contributed by atoms with Crippen LogP contribution < -0.4 is 0 Å². The lowest BCUT2D eigenvalue weighted by molar-refractivity contribution is 0.0696. The van der Waals surface area contributed by atoms with E-state index in [4.69, 9.17) is 0 Å². The van der Waals surface area contributed by atoms with E-state index in [1.165, 1.54) is 0 Å². The summed E-state index contributed by atoms with van der Waals surface area (Å²) in [5, 5.41) is 0.953. The van der Waals surface area contributed by atoms with E-state index < -0.39 is 0 Å². The number of pyridine rings is 1. The monoisotopic (exact) mass is 250 g/mol. The van der Waals surface area contributed by atoms with Crippen molar-refractivity contribution in [2.45, 2.75) is 24.8 Å². The number of carbonyl (C=O) groups is 1. The molecule has 2 rings (SSSR count). The van der Waals surface area contributed by atoms with E-state index in [9.17, 15) is 4.79 Å². The Kier molecular flexibility index (Phi) is 4.05. The largest absolute Gasteiger partial charge is 0.339 e. The summed E-state index contributed by atoms with van der Waals surface area (Å²) in [6.45, 7) is 4.01. The molecule has 0 aromatic carbocycles. The molecule has 0 atom stereocenters. The maximum Gasteiger partial charge on any atom is 0.255 e. The van der Waals surface area contributed by atoms with Gasteiger partial charge in [0.15, 0.2) is 0 Å². The van der Waals surface area contributed by atoms with Crippen molar-refractivity contribution < 1.29 is 4.79 Å². The molecule has 17 heavy (non-hydrogen) atoms. The van der Waals surface area contributed by atoms with Gasteiger partial charge in [0.1, 0.15) is 0 Å². The van der Waals surface area contributed by atoms with Gasteiger partial charge in [-0.2, -0.15) is 0 Å². The molecule has 0 bridgehead atoms. The fourth-order valence-electron chi connectivity index (χ4n) is 2.02. The molecule has 2 heterocycles. The van der Waals surface area contributed by atoms with E-state index in [1.54, 1.807) is 18.0 Å². The molecule has 0 aliphatic carbocycles. The number of amides is 1. The molecule has 0 radical (unpaired) electrons. The predicted molar refractivity (Wildman–Crippen MR) is 70.3 cm³/mol. The number of hydrogen-bond donors (Lipinski definition) is 0. The van der Waals surface area contributed by atoms with Crippen LogP contribution in [0.15, 0.2) is 23.4 Å². The molecule has 0 spiro atoms. The second-order valence-corrected chi connectivity index (χ2v) is 5.39. The fourth-order valence-corrected chi connectivity index (χ4v) is 2.38. The van der Waals surface area contributed by atoms with Gasteiger partial charge in [-0.15, -0.1) is 11.8 Å². The first-order valence-electron chi connectivity index (χ1n) is 6.00. The number of nitrogens with zero attached hydrogens (tertiary/aromatic N) is 2. The molecule has 0 N–H and O–H groups in total. The lowest BCUT2D eigenvalue weighted by Gasteiger charge is -2.30. The maximum absolute atomic E-state index is 12.2. The molecule has 1 fully saturated rings. The van der Waals surface area contributed by atoms with Crippen LogP contribution in [0.25, 0.3) is 0 Å². The van der Waals surface area contributed by atoms with Crippen molar-refractivity contribution in [2.24, 2.45) is 5.92 Å². The van der Waals surface area contributed by atoms with Crippen molar-refractivity contribution in [2.75, 3.05) is 19.3 Å². The predicted octanol–water partition coefficient (Wildman–Crippen LogP) is 2.68. The SMILES string of the molecule is CSc1ccc(C(=O)N2CCC(C)CC2)cn1. The molecule has 1 aromatic rings. The maximum atomic E-state index is 12.2. The van der Waals surface area contributed by atoms with Crippen LogP contribution in [0.5, 0.6) is 0 Å². The topological polar surface area (TPSA) is 33.2 Å². The third-order valence-corrected chi connectivity index (χ3v) is 3.92. The zero-order valence-electron chi connectivity index (χ0n) is 10.3. The molecule has 1 aromatic heterocycles. The minimum atomic E-state index is 0.122. The van der Waals surface area contributed by atoms with Gasteiger partial charge in [0.2, 0.25) is 0 Å². The van der Waals surface area contributed by atoms with Crippen LogP contribution in [-0.4, -0.2) is 35.1 Å². The van der Waals surface area contributed by atoms with Crippen LogP contribution >= 0.6 is 11.8 Å². The number of thioether (sulfide) groups is 1. The Balaban J connectivity index is 2.03. The van der Waals surface area contributed by atoms with E-state index in [0.29, 0.717) is 5.56 Å². The molecule has 1 saturated heterocycles. The van der Waals surface area contributed by atoms with Crippen molar-refractivity contribution in [3.05, 3.63) is 23.9 Å². The van der Waals surface area contributed by atoms with Gasteiger partial charge in [-0.25, -0.2) is 4.98 Å². The number of likely N-dealkylation sites (tertiary alicyclic amines) is 1. The number of rotatable bonds is 2. The summed E-state index contributed by atoms with van der Waals surface area (Å²) in [5.41, 5.74) is 0.706. The van der Waals surface area contributed by atoms with Crippen molar-refractivity contribution in [3.8, 4) is 0 Å². The summed E-state index contributed by atoms with van der Waals surface area (Å²) in [6.07, 6.45) is 5.90. The van der Waals surface area contributed by atoms with Crippen LogP contribution in [0.4, 0.5) is 0 Å². The van der Waals surface area contributed by atoms with E-state index in [1.807, 2.05) is 23.3 Å². The highest BCUT2D eigenvalue weighted by Gasteiger charge is 2.21. The quantitative estimate of drug-likeness (QED) is 0.757. The number of piperidine rings is 1. The van der Waals surface area contributed by atoms with E-state index >= 15 is 0 Å². The third kappa shape index (κ3) is 3.00. The van der Waals surface area contributed by atoms with Gasteiger partial charge in [0.05, 0.1) is 10.6 Å². The Hall–Kier alpha value is -1.03. The molecule has 0 unspecified atom stereocenters. The average Bonchev–Trinajstić information content (AvgIpc) is 2.39. The normalized spacial score (nSPS) is 17.2. The minimum absolute atomic E-state index is 0.122. The van der Waals surface area contributed by atoms with Gasteiger partial charge in [0, 0.05) is 19.3 Å². The summed E-state index contributed by atoms with van der Waals surface area (Å²) < 4.78 is 0. The summed E-state index contributed by atoms with van der Waals surface area (Å²) in [6, 6.07) is 3.78. The summed E-state index contributed by atoms with van der Waals surface area (Å²) in [4.78, 5) is 18.4. The zero-order chi connectivity index (χ0) is 12.3. The first kappa shape index (κ1) is 12.4. The van der Waals surface area contributed by atoms with Crippen LogP contribution in [0.1, 0.15) is 30.1 Å². The summed E-state index contributed by atoms with van der Waals surface area (Å²) in [5.74, 6) is 0.869. The molecule has 3 nitrogen and oxygen atoms in total. The molecule has 4 heteroatoms. The summed E-state index contributed by atoms with van der Waals surface area (Å²) >= 11 is 1.59. The van der Waals surface area contributed by atoms with Crippen LogP contribution in [0, 0.1) is 5.92 Å². The molecule has 0 saturated carbocycles. The lowest BCUT2D eigenvalue weighted by Crippen LogP contribution is -2.37. The molecule has 1 aliphatic heterocycles. The Bertz CT molecular complexity index is 383. The van der Waals surface area contributed by atoms with Gasteiger partial charge < -0.3 is 4.90 Å². The average molecular weight is 250 g/mol. The van der Waals surface area contributed by atoms with Crippen LogP contribution in [0.2, 0.25) is 0 Å². The molecule has 92 valence electrons. The first-order chi connectivity index (χ1) is 8.20. The van der Waals surface area contributed by atoms with Gasteiger partial charge in [-0.05, 0) is 37.1 Å². The van der Waals surface area contributed by atoms with Crippen molar-refractivity contribution in [3.63, 3.8) is 0 Å². The Labute approximate surface area is 107 Å². The fraction of sp³-hybridized carbons (Fsp3) is 0.538. The van der Waals surface area contributed by atoms with Crippen LogP contribution in [0.3, 0.4) is 0 Å². The minimum Gasteiger partial charge on any atom is -0.339 e. The molecule has 1 amide bonds.